The third-order valence-corrected chi connectivity index (χ3v) is 5.99. The summed E-state index contributed by atoms with van der Waals surface area (Å²) in [4.78, 5) is 39.4. The third kappa shape index (κ3) is 4.45. The van der Waals surface area contributed by atoms with Crippen molar-refractivity contribution >= 4 is 40.8 Å². The molecule has 4 rings (SSSR count). The van der Waals surface area contributed by atoms with E-state index in [0.717, 1.165) is 27.2 Å². The van der Waals surface area contributed by atoms with E-state index in [-0.39, 0.29) is 10.7 Å². The Morgan fingerprint density at radius 2 is 1.53 bits per heavy atom. The van der Waals surface area contributed by atoms with Crippen LogP contribution in [-0.4, -0.2) is 17.8 Å². The fraction of sp³-hybridized carbons (Fsp3) is 0.148. The van der Waals surface area contributed by atoms with Crippen LogP contribution in [0.2, 0.25) is 0 Å². The monoisotopic (exact) mass is 474 g/mol. The van der Waals surface area contributed by atoms with Gasteiger partial charge in [0.25, 0.3) is 11.8 Å². The highest BCUT2D eigenvalue weighted by molar-refractivity contribution is 6.53. The van der Waals surface area contributed by atoms with Crippen LogP contribution in [0.1, 0.15) is 32.6 Å². The van der Waals surface area contributed by atoms with Gasteiger partial charge in [-0.05, 0) is 92.4 Å². The molecule has 0 atom stereocenters. The zero-order chi connectivity index (χ0) is 24.6. The molecular weight excluding hydrogens is 452 g/mol. The van der Waals surface area contributed by atoms with Crippen LogP contribution in [-0.2, 0) is 9.59 Å². The summed E-state index contributed by atoms with van der Waals surface area (Å²) in [5.74, 6) is -1.12. The molecule has 2 amide bonds. The molecule has 0 unspecified atom stereocenters. The molecule has 172 valence electrons. The first-order chi connectivity index (χ1) is 16.2. The topological polar surface area (TPSA) is 75.7 Å². The van der Waals surface area contributed by atoms with Crippen molar-refractivity contribution in [1.29, 1.82) is 0 Å². The van der Waals surface area contributed by atoms with Crippen LogP contribution >= 0.6 is 11.6 Å². The fourth-order valence-corrected chi connectivity index (χ4v) is 3.97. The Morgan fingerprint density at radius 3 is 2.18 bits per heavy atom. The van der Waals surface area contributed by atoms with Crippen LogP contribution < -0.4 is 15.0 Å². The number of nitrogens with zero attached hydrogens (tertiary/aromatic N) is 1. The normalized spacial score (nSPS) is 13.5. The van der Waals surface area contributed by atoms with Gasteiger partial charge in [0.05, 0.1) is 11.3 Å². The molecule has 1 N–H and O–H groups in total. The number of esters is 1. The lowest BCUT2D eigenvalue weighted by Gasteiger charge is -2.16. The van der Waals surface area contributed by atoms with Gasteiger partial charge in [-0.3, -0.25) is 9.59 Å². The summed E-state index contributed by atoms with van der Waals surface area (Å²) in [5.41, 5.74) is 5.07. The number of hydrogen-bond acceptors (Lipinski definition) is 5. The molecule has 0 aromatic heterocycles. The largest absolute Gasteiger partial charge is 0.423 e. The third-order valence-electron chi connectivity index (χ3n) is 5.64. The highest BCUT2D eigenvalue weighted by atomic mass is 35.5. The molecule has 0 fully saturated rings. The zero-order valence-corrected chi connectivity index (χ0v) is 20.0. The average Bonchev–Trinajstić information content (AvgIpc) is 2.99. The molecule has 1 aliphatic heterocycles. The maximum absolute atomic E-state index is 13.0. The summed E-state index contributed by atoms with van der Waals surface area (Å²) in [6, 6.07) is 17.4. The highest BCUT2D eigenvalue weighted by Crippen LogP contribution is 2.31. The Kier molecular flexibility index (Phi) is 6.26. The number of rotatable bonds is 5. The van der Waals surface area contributed by atoms with E-state index in [1.54, 1.807) is 42.5 Å². The molecule has 1 heterocycles. The quantitative estimate of drug-likeness (QED) is 0.297. The van der Waals surface area contributed by atoms with Gasteiger partial charge in [0.1, 0.15) is 16.5 Å². The Balaban J connectivity index is 1.50. The van der Waals surface area contributed by atoms with Crippen LogP contribution in [0, 0.1) is 27.7 Å². The highest BCUT2D eigenvalue weighted by Gasteiger charge is 2.39. The van der Waals surface area contributed by atoms with Crippen LogP contribution in [0.25, 0.3) is 0 Å². The van der Waals surface area contributed by atoms with Gasteiger partial charge in [-0.15, -0.1) is 0 Å². The summed E-state index contributed by atoms with van der Waals surface area (Å²) >= 11 is 6.23. The zero-order valence-electron chi connectivity index (χ0n) is 19.2. The predicted molar refractivity (Wildman–Crippen MR) is 132 cm³/mol. The summed E-state index contributed by atoms with van der Waals surface area (Å²) in [6.07, 6.45) is 0. The van der Waals surface area contributed by atoms with Gasteiger partial charge in [0, 0.05) is 5.69 Å². The second-order valence-corrected chi connectivity index (χ2v) is 8.65. The first-order valence-electron chi connectivity index (χ1n) is 10.7. The van der Waals surface area contributed by atoms with Gasteiger partial charge in [0.2, 0.25) is 0 Å². The first-order valence-corrected chi connectivity index (χ1v) is 11.1. The molecule has 3 aromatic carbocycles. The fourth-order valence-electron chi connectivity index (χ4n) is 3.75. The molecule has 7 heteroatoms. The summed E-state index contributed by atoms with van der Waals surface area (Å²) in [7, 11) is 0. The van der Waals surface area contributed by atoms with Gasteiger partial charge >= 0.3 is 5.97 Å². The number of carbonyl (C=O) groups is 3. The predicted octanol–water partition coefficient (Wildman–Crippen LogP) is 5.58. The lowest BCUT2D eigenvalue weighted by Crippen LogP contribution is -2.32. The lowest BCUT2D eigenvalue weighted by molar-refractivity contribution is -0.120. The number of carbonyl (C=O) groups excluding carboxylic acids is 3. The van der Waals surface area contributed by atoms with Gasteiger partial charge < -0.3 is 10.1 Å². The van der Waals surface area contributed by atoms with Crippen molar-refractivity contribution in [2.24, 2.45) is 0 Å². The number of imide groups is 1. The first kappa shape index (κ1) is 23.3. The molecule has 0 bridgehead atoms. The number of amides is 2. The number of nitrogens with one attached hydrogen (secondary N) is 1. The van der Waals surface area contributed by atoms with Crippen LogP contribution in [0.5, 0.6) is 5.75 Å². The second kappa shape index (κ2) is 9.15. The van der Waals surface area contributed by atoms with Crippen molar-refractivity contribution in [3.8, 4) is 5.75 Å². The van der Waals surface area contributed by atoms with Crippen molar-refractivity contribution < 1.29 is 19.1 Å². The lowest BCUT2D eigenvalue weighted by atomic mass is 10.1. The molecule has 1 aliphatic rings. The van der Waals surface area contributed by atoms with E-state index in [0.29, 0.717) is 22.7 Å². The Labute approximate surface area is 202 Å². The van der Waals surface area contributed by atoms with E-state index in [2.05, 4.69) is 5.32 Å². The van der Waals surface area contributed by atoms with Gasteiger partial charge in [-0.1, -0.05) is 29.8 Å². The van der Waals surface area contributed by atoms with Gasteiger partial charge in [0.15, 0.2) is 0 Å². The Hall–Kier alpha value is -3.90. The number of benzene rings is 3. The van der Waals surface area contributed by atoms with E-state index in [9.17, 15) is 14.4 Å². The Bertz CT molecular complexity index is 1340. The van der Waals surface area contributed by atoms with Crippen molar-refractivity contribution in [2.45, 2.75) is 27.7 Å². The summed E-state index contributed by atoms with van der Waals surface area (Å²) in [6.45, 7) is 7.62. The summed E-state index contributed by atoms with van der Waals surface area (Å²) < 4.78 is 5.52. The van der Waals surface area contributed by atoms with Gasteiger partial charge in [-0.25, -0.2) is 9.69 Å². The maximum Gasteiger partial charge on any atom is 0.343 e. The molecule has 0 spiro atoms. The average molecular weight is 475 g/mol. The molecule has 6 nitrogen and oxygen atoms in total. The molecular formula is C27H23ClN2O4. The van der Waals surface area contributed by atoms with Crippen LogP contribution in [0.4, 0.5) is 11.4 Å². The van der Waals surface area contributed by atoms with Crippen molar-refractivity contribution in [3.63, 3.8) is 0 Å². The minimum absolute atomic E-state index is 0.0171. The van der Waals surface area contributed by atoms with E-state index in [4.69, 9.17) is 16.3 Å². The van der Waals surface area contributed by atoms with Crippen molar-refractivity contribution in [2.75, 3.05) is 10.2 Å². The molecule has 34 heavy (non-hydrogen) atoms. The number of anilines is 2. The number of hydrogen-bond donors (Lipinski definition) is 1. The van der Waals surface area contributed by atoms with E-state index >= 15 is 0 Å². The standard InChI is InChI=1S/C27H23ClN2O4/c1-15-12-16(2)14-21(13-15)30-25(31)23(28)24(26(30)32)29-20-10-8-19(9-11-20)27(33)34-22-7-5-6-17(3)18(22)4/h5-14,29H,1-4H3. The SMILES string of the molecule is Cc1cc(C)cc(N2C(=O)C(Cl)=C(Nc3ccc(C(=O)Oc4cccc(C)c4C)cc3)C2=O)c1. The van der Waals surface area contributed by atoms with E-state index < -0.39 is 17.8 Å². The smallest absolute Gasteiger partial charge is 0.343 e. The van der Waals surface area contributed by atoms with Crippen molar-refractivity contribution in [1.82, 2.24) is 0 Å². The van der Waals surface area contributed by atoms with E-state index in [1.807, 2.05) is 45.9 Å². The van der Waals surface area contributed by atoms with Crippen LogP contribution in [0.15, 0.2) is 71.4 Å². The summed E-state index contributed by atoms with van der Waals surface area (Å²) in [5, 5.41) is 2.72. The minimum Gasteiger partial charge on any atom is -0.423 e. The number of aryl methyl sites for hydroxylation is 3. The minimum atomic E-state index is -0.590. The molecule has 0 aliphatic carbocycles. The van der Waals surface area contributed by atoms with E-state index in [1.165, 1.54) is 0 Å². The van der Waals surface area contributed by atoms with Gasteiger partial charge in [-0.2, -0.15) is 0 Å². The van der Waals surface area contributed by atoms with Crippen molar-refractivity contribution in [3.05, 3.63) is 99.2 Å². The molecule has 0 saturated carbocycles. The number of halogens is 1. The molecule has 0 radical (unpaired) electrons. The molecule has 3 aromatic rings. The molecule has 0 saturated heterocycles. The Morgan fingerprint density at radius 1 is 0.882 bits per heavy atom. The van der Waals surface area contributed by atoms with Crippen LogP contribution in [0.3, 0.4) is 0 Å². The number of ether oxygens (including phenoxy) is 1. The maximum atomic E-state index is 13.0. The second-order valence-electron chi connectivity index (χ2n) is 8.27.